The number of phenolic OH excluding ortho intramolecular Hbond substituents is 1. The van der Waals surface area contributed by atoms with Crippen LogP contribution in [0, 0.1) is 0 Å². The van der Waals surface area contributed by atoms with E-state index in [0.717, 1.165) is 81.4 Å². The molecule has 1 aromatic heterocycles. The lowest BCUT2D eigenvalue weighted by Gasteiger charge is -2.44. The van der Waals surface area contributed by atoms with Crippen molar-refractivity contribution in [3.63, 3.8) is 0 Å². The summed E-state index contributed by atoms with van der Waals surface area (Å²) in [4.78, 5) is 31.3. The van der Waals surface area contributed by atoms with Crippen molar-refractivity contribution in [1.82, 2.24) is 20.1 Å². The molecule has 4 N–H and O–H groups in total. The van der Waals surface area contributed by atoms with E-state index < -0.39 is 17.8 Å². The molecule has 1 spiro atoms. The number of hydrogen-bond donors (Lipinski definition) is 4. The van der Waals surface area contributed by atoms with Crippen molar-refractivity contribution in [3.05, 3.63) is 27.4 Å². The van der Waals surface area contributed by atoms with Crippen LogP contribution < -0.4 is 10.2 Å². The Morgan fingerprint density at radius 1 is 1.21 bits per heavy atom. The standard InChI is InChI=1S/C30H48N4O6S2/c1-29(2,3)40-28(38)34(20-24(36)22-8-9-23(35)25-26(22)42-27(37)32-25)16-19-41-18-7-5-4-6-13-33-14-10-30(11-15-33)21-31-12-17-39-30/h8-9,24,31,35-36H,4-7,10-21H2,1-3H3,(H,32,37). The molecule has 4 rings (SSSR count). The number of aliphatic hydroxyl groups is 1. The Kier molecular flexibility index (Phi) is 12.0. The first-order valence-electron chi connectivity index (χ1n) is 15.2. The number of piperidine rings is 1. The van der Waals surface area contributed by atoms with Crippen molar-refractivity contribution >= 4 is 39.4 Å². The number of likely N-dealkylation sites (tertiary alicyclic amines) is 1. The number of morpholine rings is 1. The maximum Gasteiger partial charge on any atom is 0.410 e. The minimum absolute atomic E-state index is 0.0295. The Labute approximate surface area is 257 Å². The number of ether oxygens (including phenoxy) is 2. The zero-order valence-electron chi connectivity index (χ0n) is 25.3. The summed E-state index contributed by atoms with van der Waals surface area (Å²) in [5.74, 6) is 1.71. The lowest BCUT2D eigenvalue weighted by atomic mass is 9.90. The number of fused-ring (bicyclic) bond motifs is 1. The quantitative estimate of drug-likeness (QED) is 0.241. The van der Waals surface area contributed by atoms with Crippen molar-refractivity contribution in [2.75, 3.05) is 63.9 Å². The largest absolute Gasteiger partial charge is 0.506 e. The second kappa shape index (κ2) is 15.3. The van der Waals surface area contributed by atoms with Gasteiger partial charge in [0.05, 0.1) is 29.6 Å². The summed E-state index contributed by atoms with van der Waals surface area (Å²) >= 11 is 2.74. The normalized spacial score (nSPS) is 18.4. The number of carbonyl (C=O) groups excluding carboxylic acids is 1. The van der Waals surface area contributed by atoms with Crippen LogP contribution in [0.2, 0.25) is 0 Å². The number of hydrogen-bond acceptors (Lipinski definition) is 10. The van der Waals surface area contributed by atoms with E-state index in [0.29, 0.717) is 22.3 Å². The molecule has 2 aliphatic heterocycles. The molecule has 2 aliphatic rings. The Morgan fingerprint density at radius 2 is 1.98 bits per heavy atom. The Hall–Kier alpha value is -1.83. The molecule has 1 amide bonds. The van der Waals surface area contributed by atoms with Gasteiger partial charge in [-0.05, 0) is 64.8 Å². The van der Waals surface area contributed by atoms with E-state index in [1.54, 1.807) is 6.07 Å². The van der Waals surface area contributed by atoms with Gasteiger partial charge in [-0.1, -0.05) is 30.2 Å². The molecule has 2 saturated heterocycles. The van der Waals surface area contributed by atoms with Crippen molar-refractivity contribution < 1.29 is 24.5 Å². The first-order chi connectivity index (χ1) is 20.1. The van der Waals surface area contributed by atoms with Crippen LogP contribution in [0.4, 0.5) is 4.79 Å². The molecule has 0 radical (unpaired) electrons. The number of carbonyl (C=O) groups is 1. The van der Waals surface area contributed by atoms with Gasteiger partial charge in [0.25, 0.3) is 0 Å². The predicted molar refractivity (Wildman–Crippen MR) is 170 cm³/mol. The van der Waals surface area contributed by atoms with E-state index in [1.165, 1.54) is 30.2 Å². The SMILES string of the molecule is CC(C)(C)OC(=O)N(CCSCCCCCCN1CCC2(CC1)CNCCO2)CC(O)c1ccc(O)c2[nH]c(=O)sc12. The molecule has 42 heavy (non-hydrogen) atoms. The molecule has 1 atom stereocenters. The van der Waals surface area contributed by atoms with Crippen LogP contribution in [0.3, 0.4) is 0 Å². The van der Waals surface area contributed by atoms with Crippen molar-refractivity contribution in [1.29, 1.82) is 0 Å². The second-order valence-corrected chi connectivity index (χ2v) is 14.6. The highest BCUT2D eigenvalue weighted by Gasteiger charge is 2.36. The van der Waals surface area contributed by atoms with Crippen LogP contribution in [0.5, 0.6) is 5.75 Å². The van der Waals surface area contributed by atoms with E-state index in [1.807, 2.05) is 32.5 Å². The van der Waals surface area contributed by atoms with Crippen LogP contribution in [0.25, 0.3) is 10.2 Å². The molecule has 1 aromatic carbocycles. The number of H-pyrrole nitrogens is 1. The summed E-state index contributed by atoms with van der Waals surface area (Å²) in [6, 6.07) is 3.04. The molecule has 0 bridgehead atoms. The zero-order chi connectivity index (χ0) is 30.2. The number of rotatable bonds is 13. The topological polar surface area (TPSA) is 127 Å². The number of nitrogens with zero attached hydrogens (tertiary/aromatic N) is 2. The molecule has 0 aliphatic carbocycles. The highest BCUT2D eigenvalue weighted by atomic mass is 32.2. The summed E-state index contributed by atoms with van der Waals surface area (Å²) in [6.45, 7) is 12.1. The number of nitrogens with one attached hydrogen (secondary N) is 2. The molecular weight excluding hydrogens is 576 g/mol. The third-order valence-electron chi connectivity index (χ3n) is 7.91. The molecule has 12 heteroatoms. The van der Waals surface area contributed by atoms with Gasteiger partial charge >= 0.3 is 11.0 Å². The lowest BCUT2D eigenvalue weighted by molar-refractivity contribution is -0.0996. The number of benzene rings is 1. The summed E-state index contributed by atoms with van der Waals surface area (Å²) in [5.41, 5.74) is 0.217. The van der Waals surface area contributed by atoms with Gasteiger partial charge in [-0.25, -0.2) is 4.79 Å². The molecule has 1 unspecified atom stereocenters. The van der Waals surface area contributed by atoms with E-state index in [2.05, 4.69) is 15.2 Å². The fraction of sp³-hybridized carbons (Fsp3) is 0.733. The fourth-order valence-corrected chi connectivity index (χ4v) is 7.45. The van der Waals surface area contributed by atoms with Crippen LogP contribution in [0.15, 0.2) is 16.9 Å². The van der Waals surface area contributed by atoms with Gasteiger partial charge in [-0.15, -0.1) is 0 Å². The fourth-order valence-electron chi connectivity index (χ4n) is 5.57. The third-order valence-corrected chi connectivity index (χ3v) is 9.89. The second-order valence-electron chi connectivity index (χ2n) is 12.4. The van der Waals surface area contributed by atoms with Crippen LogP contribution in [-0.4, -0.2) is 106 Å². The molecule has 236 valence electrons. The highest BCUT2D eigenvalue weighted by molar-refractivity contribution is 7.99. The minimum Gasteiger partial charge on any atom is -0.506 e. The molecular formula is C30H48N4O6S2. The van der Waals surface area contributed by atoms with Crippen LogP contribution in [0.1, 0.15) is 71.0 Å². The van der Waals surface area contributed by atoms with Crippen molar-refractivity contribution in [2.24, 2.45) is 0 Å². The Morgan fingerprint density at radius 3 is 2.69 bits per heavy atom. The molecule has 3 heterocycles. The summed E-state index contributed by atoms with van der Waals surface area (Å²) in [6.07, 6.45) is 5.53. The minimum atomic E-state index is -1.03. The van der Waals surface area contributed by atoms with Gasteiger partial charge in [-0.3, -0.25) is 4.79 Å². The van der Waals surface area contributed by atoms with Crippen molar-refractivity contribution in [2.45, 2.75) is 76.6 Å². The number of thiazole rings is 1. The highest BCUT2D eigenvalue weighted by Crippen LogP contribution is 2.32. The Balaban J connectivity index is 1.16. The summed E-state index contributed by atoms with van der Waals surface area (Å²) < 4.78 is 12.2. The average Bonchev–Trinajstić information content (AvgIpc) is 3.34. The third kappa shape index (κ3) is 9.59. The van der Waals surface area contributed by atoms with Gasteiger partial charge in [0.2, 0.25) is 0 Å². The van der Waals surface area contributed by atoms with Gasteiger partial charge in [0, 0.05) is 44.0 Å². The first-order valence-corrected chi connectivity index (χ1v) is 17.2. The molecule has 0 saturated carbocycles. The number of amides is 1. The van der Waals surface area contributed by atoms with Gasteiger partial charge < -0.3 is 39.8 Å². The monoisotopic (exact) mass is 624 g/mol. The zero-order valence-corrected chi connectivity index (χ0v) is 26.9. The first kappa shape index (κ1) is 33.1. The van der Waals surface area contributed by atoms with Crippen LogP contribution in [-0.2, 0) is 9.47 Å². The lowest BCUT2D eigenvalue weighted by Crippen LogP contribution is -2.55. The molecule has 2 aromatic rings. The maximum atomic E-state index is 13.0. The van der Waals surface area contributed by atoms with Gasteiger partial charge in [0.1, 0.15) is 16.9 Å². The van der Waals surface area contributed by atoms with Crippen LogP contribution >= 0.6 is 23.1 Å². The number of unbranched alkanes of at least 4 members (excludes halogenated alkanes) is 3. The number of aromatic amines is 1. The maximum absolute atomic E-state index is 13.0. The number of aromatic nitrogens is 1. The van der Waals surface area contributed by atoms with E-state index in [9.17, 15) is 19.8 Å². The number of phenols is 1. The number of thioether (sulfide) groups is 1. The van der Waals surface area contributed by atoms with E-state index >= 15 is 0 Å². The molecule has 10 nitrogen and oxygen atoms in total. The smallest absolute Gasteiger partial charge is 0.410 e. The van der Waals surface area contributed by atoms with E-state index in [4.69, 9.17) is 9.47 Å². The van der Waals surface area contributed by atoms with Gasteiger partial charge in [0.15, 0.2) is 0 Å². The number of aromatic hydroxyl groups is 1. The Bertz CT molecular complexity index is 1200. The summed E-state index contributed by atoms with van der Waals surface area (Å²) in [5, 5.41) is 24.6. The van der Waals surface area contributed by atoms with Gasteiger partial charge in [-0.2, -0.15) is 11.8 Å². The number of aliphatic hydroxyl groups excluding tert-OH is 1. The predicted octanol–water partition coefficient (Wildman–Crippen LogP) is 4.31. The summed E-state index contributed by atoms with van der Waals surface area (Å²) in [7, 11) is 0. The average molecular weight is 625 g/mol. The van der Waals surface area contributed by atoms with Crippen molar-refractivity contribution in [3.8, 4) is 5.75 Å². The molecule has 2 fully saturated rings. The van der Waals surface area contributed by atoms with E-state index in [-0.39, 0.29) is 22.8 Å².